The molecule has 4 N–H and O–H groups in total. The number of hydrogen-bond acceptors (Lipinski definition) is 7. The molecule has 10 heteroatoms. The van der Waals surface area contributed by atoms with Crippen LogP contribution in [0.2, 0.25) is 0 Å². The molecule has 0 bridgehead atoms. The van der Waals surface area contributed by atoms with Gasteiger partial charge in [-0.15, -0.1) is 0 Å². The van der Waals surface area contributed by atoms with Crippen LogP contribution in [0, 0.1) is 0 Å². The summed E-state index contributed by atoms with van der Waals surface area (Å²) in [6.45, 7) is 8.42. The summed E-state index contributed by atoms with van der Waals surface area (Å²) < 4.78 is 0. The van der Waals surface area contributed by atoms with Crippen molar-refractivity contribution in [1.29, 1.82) is 0 Å². The standard InChI is InChI=1S/C18H34N4O6/c1-4-15(14-23)19-16(24)11-22(13-18(27)28)10-8-20(5-2)7-9-21(6-3)12-17(25)26/h4,23H,5-14H2,1-3H3,(H,19,24)(H,25,26)(H,27,28). The van der Waals surface area contributed by atoms with Gasteiger partial charge in [-0.05, 0) is 20.0 Å². The van der Waals surface area contributed by atoms with Crippen LogP contribution >= 0.6 is 0 Å². The summed E-state index contributed by atoms with van der Waals surface area (Å²) in [7, 11) is 0. The number of nitrogens with one attached hydrogen (secondary N) is 1. The second-order valence-electron chi connectivity index (χ2n) is 6.32. The third kappa shape index (κ3) is 12.4. The molecule has 0 fully saturated rings. The lowest BCUT2D eigenvalue weighted by molar-refractivity contribution is -0.139. The Labute approximate surface area is 166 Å². The Balaban J connectivity index is 4.65. The summed E-state index contributed by atoms with van der Waals surface area (Å²) in [4.78, 5) is 39.4. The van der Waals surface area contributed by atoms with Gasteiger partial charge in [-0.3, -0.25) is 24.2 Å². The van der Waals surface area contributed by atoms with Crippen molar-refractivity contribution in [3.63, 3.8) is 0 Å². The van der Waals surface area contributed by atoms with Crippen LogP contribution in [0.15, 0.2) is 11.8 Å². The number of amides is 1. The van der Waals surface area contributed by atoms with Crippen molar-refractivity contribution in [2.45, 2.75) is 20.8 Å². The van der Waals surface area contributed by atoms with E-state index in [0.717, 1.165) is 6.54 Å². The highest BCUT2D eigenvalue weighted by atomic mass is 16.4. The number of hydrogen-bond donors (Lipinski definition) is 4. The van der Waals surface area contributed by atoms with Crippen LogP contribution in [0.25, 0.3) is 0 Å². The number of carboxylic acids is 2. The number of carbonyl (C=O) groups excluding carboxylic acids is 1. The highest BCUT2D eigenvalue weighted by Gasteiger charge is 2.16. The van der Waals surface area contributed by atoms with E-state index < -0.39 is 11.9 Å². The number of aliphatic carboxylic acids is 2. The van der Waals surface area contributed by atoms with Gasteiger partial charge in [0.05, 0.1) is 26.2 Å². The average Bonchev–Trinajstić information content (AvgIpc) is 2.64. The lowest BCUT2D eigenvalue weighted by Gasteiger charge is -2.27. The summed E-state index contributed by atoms with van der Waals surface area (Å²) >= 11 is 0. The van der Waals surface area contributed by atoms with E-state index >= 15 is 0 Å². The van der Waals surface area contributed by atoms with Crippen molar-refractivity contribution in [3.05, 3.63) is 11.8 Å². The van der Waals surface area contributed by atoms with Crippen LogP contribution in [0.3, 0.4) is 0 Å². The second kappa shape index (κ2) is 15.0. The van der Waals surface area contributed by atoms with Crippen LogP contribution < -0.4 is 5.32 Å². The van der Waals surface area contributed by atoms with E-state index in [4.69, 9.17) is 15.3 Å². The molecule has 0 aromatic carbocycles. The van der Waals surface area contributed by atoms with Gasteiger partial charge in [0.2, 0.25) is 5.91 Å². The van der Waals surface area contributed by atoms with Crippen molar-refractivity contribution in [3.8, 4) is 0 Å². The molecule has 1 amide bonds. The molecule has 0 heterocycles. The molecule has 0 saturated heterocycles. The number of rotatable bonds is 16. The predicted molar refractivity (Wildman–Crippen MR) is 105 cm³/mol. The molecule has 0 aliphatic rings. The van der Waals surface area contributed by atoms with Gasteiger partial charge in [-0.25, -0.2) is 0 Å². The van der Waals surface area contributed by atoms with E-state index in [9.17, 15) is 14.4 Å². The predicted octanol–water partition coefficient (Wildman–Crippen LogP) is -0.886. The summed E-state index contributed by atoms with van der Waals surface area (Å²) in [5.74, 6) is -2.28. The zero-order valence-electron chi connectivity index (χ0n) is 17.1. The summed E-state index contributed by atoms with van der Waals surface area (Å²) in [6.07, 6.45) is 1.58. The number of likely N-dealkylation sites (N-methyl/N-ethyl adjacent to an activating group) is 2. The first-order valence-corrected chi connectivity index (χ1v) is 9.42. The molecule has 0 aromatic heterocycles. The maximum atomic E-state index is 12.1. The third-order valence-corrected chi connectivity index (χ3v) is 4.26. The minimum atomic E-state index is -1.03. The highest BCUT2D eigenvalue weighted by molar-refractivity contribution is 5.80. The molecule has 0 spiro atoms. The molecule has 0 rings (SSSR count). The third-order valence-electron chi connectivity index (χ3n) is 4.26. The summed E-state index contributed by atoms with van der Waals surface area (Å²) in [5, 5.41) is 29.6. The Morgan fingerprint density at radius 1 is 0.821 bits per heavy atom. The van der Waals surface area contributed by atoms with E-state index in [2.05, 4.69) is 10.2 Å². The molecule has 0 unspecified atom stereocenters. The normalized spacial score (nSPS) is 12.0. The van der Waals surface area contributed by atoms with Gasteiger partial charge in [0.1, 0.15) is 0 Å². The number of nitrogens with zero attached hydrogens (tertiary/aromatic N) is 3. The van der Waals surface area contributed by atoms with Crippen LogP contribution in [-0.2, 0) is 14.4 Å². The van der Waals surface area contributed by atoms with Gasteiger partial charge in [0.15, 0.2) is 0 Å². The van der Waals surface area contributed by atoms with Gasteiger partial charge in [-0.2, -0.15) is 0 Å². The average molecular weight is 402 g/mol. The summed E-state index contributed by atoms with van der Waals surface area (Å²) in [5.41, 5.74) is 0.369. The fraction of sp³-hybridized carbons (Fsp3) is 0.722. The SMILES string of the molecule is CC=C(CO)NC(=O)CN(CCN(CC)CCN(CC)CC(=O)O)CC(=O)O. The van der Waals surface area contributed by atoms with Crippen molar-refractivity contribution >= 4 is 17.8 Å². The minimum Gasteiger partial charge on any atom is -0.480 e. The fourth-order valence-corrected chi connectivity index (χ4v) is 2.56. The molecule has 162 valence electrons. The number of carbonyl (C=O) groups is 3. The topological polar surface area (TPSA) is 134 Å². The van der Waals surface area contributed by atoms with Crippen LogP contribution in [0.1, 0.15) is 20.8 Å². The van der Waals surface area contributed by atoms with Gasteiger partial charge in [0, 0.05) is 31.9 Å². The highest BCUT2D eigenvalue weighted by Crippen LogP contribution is 1.97. The first kappa shape index (κ1) is 26.0. The monoisotopic (exact) mass is 402 g/mol. The molecule has 0 saturated carbocycles. The van der Waals surface area contributed by atoms with E-state index in [0.29, 0.717) is 38.4 Å². The van der Waals surface area contributed by atoms with Crippen LogP contribution in [-0.4, -0.2) is 113 Å². The van der Waals surface area contributed by atoms with Gasteiger partial charge in [-0.1, -0.05) is 19.9 Å². The molecule has 10 nitrogen and oxygen atoms in total. The lowest BCUT2D eigenvalue weighted by Crippen LogP contribution is -2.45. The van der Waals surface area contributed by atoms with Crippen LogP contribution in [0.4, 0.5) is 0 Å². The minimum absolute atomic E-state index is 0.0164. The first-order valence-electron chi connectivity index (χ1n) is 9.42. The van der Waals surface area contributed by atoms with Crippen molar-refractivity contribution in [2.24, 2.45) is 0 Å². The van der Waals surface area contributed by atoms with Gasteiger partial charge in [0.25, 0.3) is 0 Å². The first-order chi connectivity index (χ1) is 13.2. The quantitative estimate of drug-likeness (QED) is 0.259. The molecule has 0 radical (unpaired) electrons. The number of aliphatic hydroxyl groups is 1. The molecular formula is C18H34N4O6. The number of allylic oxidation sites excluding steroid dienone is 1. The van der Waals surface area contributed by atoms with Crippen molar-refractivity contribution < 1.29 is 29.7 Å². The lowest BCUT2D eigenvalue weighted by atomic mass is 10.3. The van der Waals surface area contributed by atoms with Crippen LogP contribution in [0.5, 0.6) is 0 Å². The Hall–Kier alpha value is -2.01. The maximum absolute atomic E-state index is 12.1. The Bertz CT molecular complexity index is 526. The molecule has 0 aromatic rings. The van der Waals surface area contributed by atoms with Gasteiger partial charge >= 0.3 is 11.9 Å². The number of aliphatic hydroxyl groups excluding tert-OH is 1. The van der Waals surface area contributed by atoms with E-state index in [-0.39, 0.29) is 32.1 Å². The van der Waals surface area contributed by atoms with E-state index in [1.54, 1.807) is 13.0 Å². The smallest absolute Gasteiger partial charge is 0.317 e. The zero-order valence-corrected chi connectivity index (χ0v) is 17.1. The molecule has 0 aliphatic carbocycles. The Morgan fingerprint density at radius 2 is 1.29 bits per heavy atom. The molecule has 28 heavy (non-hydrogen) atoms. The second-order valence-corrected chi connectivity index (χ2v) is 6.32. The van der Waals surface area contributed by atoms with Gasteiger partial charge < -0.3 is 25.5 Å². The number of carboxylic acid groups (broad SMARTS) is 2. The van der Waals surface area contributed by atoms with E-state index in [1.165, 1.54) is 4.90 Å². The molecule has 0 aliphatic heterocycles. The fourth-order valence-electron chi connectivity index (χ4n) is 2.56. The molecule has 0 atom stereocenters. The van der Waals surface area contributed by atoms with E-state index in [1.807, 2.05) is 18.7 Å². The largest absolute Gasteiger partial charge is 0.480 e. The molecular weight excluding hydrogens is 368 g/mol. The Morgan fingerprint density at radius 3 is 1.71 bits per heavy atom. The van der Waals surface area contributed by atoms with Crippen molar-refractivity contribution in [1.82, 2.24) is 20.0 Å². The Kier molecular flexibility index (Phi) is 13.9. The van der Waals surface area contributed by atoms with Crippen molar-refractivity contribution in [2.75, 3.05) is 65.5 Å². The summed E-state index contributed by atoms with van der Waals surface area (Å²) in [6, 6.07) is 0. The zero-order chi connectivity index (χ0) is 21.5. The maximum Gasteiger partial charge on any atom is 0.317 e.